The maximum Gasteiger partial charge on any atom is 0.287 e. The van der Waals surface area contributed by atoms with Gasteiger partial charge in [-0.25, -0.2) is 4.98 Å². The first-order valence-electron chi connectivity index (χ1n) is 8.85. The molecule has 0 saturated heterocycles. The van der Waals surface area contributed by atoms with Gasteiger partial charge in [-0.15, -0.1) is 0 Å². The second-order valence-corrected chi connectivity index (χ2v) is 7.13. The number of hydrogen-bond acceptors (Lipinski definition) is 4. The summed E-state index contributed by atoms with van der Waals surface area (Å²) in [5.41, 5.74) is 1.82. The lowest BCUT2D eigenvalue weighted by atomic mass is 10.3. The second kappa shape index (κ2) is 8.31. The van der Waals surface area contributed by atoms with Crippen molar-refractivity contribution in [2.24, 2.45) is 0 Å². The van der Waals surface area contributed by atoms with Crippen LogP contribution in [0.1, 0.15) is 22.0 Å². The van der Waals surface area contributed by atoms with Crippen molar-refractivity contribution in [2.45, 2.75) is 13.0 Å². The molecule has 0 aliphatic heterocycles. The van der Waals surface area contributed by atoms with E-state index >= 15 is 0 Å². The van der Waals surface area contributed by atoms with E-state index in [2.05, 4.69) is 26.2 Å². The van der Waals surface area contributed by atoms with Gasteiger partial charge < -0.3 is 18.9 Å². The Balaban J connectivity index is 1.27. The number of imidazole rings is 1. The number of carbonyl (C=O) groups excluding carboxylic acids is 1. The molecule has 0 fully saturated rings. The number of amides is 1. The highest BCUT2D eigenvalue weighted by atomic mass is 79.9. The maximum absolute atomic E-state index is 12.3. The molecule has 3 aromatic heterocycles. The van der Waals surface area contributed by atoms with Crippen LogP contribution >= 0.6 is 15.9 Å². The van der Waals surface area contributed by atoms with Gasteiger partial charge in [-0.05, 0) is 48.5 Å². The third-order valence-electron chi connectivity index (χ3n) is 4.16. The molecule has 0 radical (unpaired) electrons. The molecule has 1 aromatic carbocycles. The molecule has 4 aromatic rings. The molecule has 0 aliphatic carbocycles. The summed E-state index contributed by atoms with van der Waals surface area (Å²) < 4.78 is 14.2. The van der Waals surface area contributed by atoms with Crippen LogP contribution in [0.5, 0.6) is 5.75 Å². The number of nitrogens with one attached hydrogen (secondary N) is 1. The van der Waals surface area contributed by atoms with Gasteiger partial charge in [-0.1, -0.05) is 22.0 Å². The van der Waals surface area contributed by atoms with Gasteiger partial charge in [0.05, 0.1) is 5.69 Å². The van der Waals surface area contributed by atoms with E-state index in [9.17, 15) is 4.79 Å². The van der Waals surface area contributed by atoms with Gasteiger partial charge in [0.25, 0.3) is 5.91 Å². The zero-order valence-corrected chi connectivity index (χ0v) is 16.6. The number of rotatable bonds is 7. The lowest BCUT2D eigenvalue weighted by Gasteiger charge is -2.04. The van der Waals surface area contributed by atoms with Gasteiger partial charge in [0.15, 0.2) is 5.76 Å². The first-order chi connectivity index (χ1) is 13.7. The Bertz CT molecular complexity index is 1050. The topological polar surface area (TPSA) is 68.8 Å². The molecule has 28 heavy (non-hydrogen) atoms. The van der Waals surface area contributed by atoms with Crippen LogP contribution in [0, 0.1) is 0 Å². The van der Waals surface area contributed by atoms with Crippen molar-refractivity contribution < 1.29 is 13.9 Å². The van der Waals surface area contributed by atoms with Crippen LogP contribution in [0.25, 0.3) is 5.65 Å². The van der Waals surface area contributed by atoms with Crippen LogP contribution in [0.3, 0.4) is 0 Å². The normalized spacial score (nSPS) is 10.9. The molecule has 0 spiro atoms. The van der Waals surface area contributed by atoms with Crippen LogP contribution in [-0.4, -0.2) is 21.8 Å². The van der Waals surface area contributed by atoms with E-state index in [4.69, 9.17) is 9.15 Å². The van der Waals surface area contributed by atoms with Crippen LogP contribution in [0.2, 0.25) is 0 Å². The van der Waals surface area contributed by atoms with E-state index in [1.165, 1.54) is 0 Å². The first kappa shape index (κ1) is 18.3. The predicted octanol–water partition coefficient (Wildman–Crippen LogP) is 4.24. The SMILES string of the molecule is O=C(NCCc1cn2ccccc2n1)c1ccc(COc2ccc(Br)cc2)o1. The molecule has 7 heteroatoms. The number of ether oxygens (including phenoxy) is 1. The summed E-state index contributed by atoms with van der Waals surface area (Å²) in [5.74, 6) is 1.34. The van der Waals surface area contributed by atoms with Gasteiger partial charge in [0.2, 0.25) is 0 Å². The number of furan rings is 1. The smallest absolute Gasteiger partial charge is 0.287 e. The number of carbonyl (C=O) groups is 1. The average molecular weight is 440 g/mol. The number of aromatic nitrogens is 2. The quantitative estimate of drug-likeness (QED) is 0.467. The molecule has 0 atom stereocenters. The molecule has 1 N–H and O–H groups in total. The molecule has 142 valence electrons. The average Bonchev–Trinajstić information content (AvgIpc) is 3.34. The number of hydrogen-bond donors (Lipinski definition) is 1. The molecular formula is C21H18BrN3O3. The molecule has 0 unspecified atom stereocenters. The van der Waals surface area contributed by atoms with Crippen molar-refractivity contribution in [3.8, 4) is 5.75 Å². The summed E-state index contributed by atoms with van der Waals surface area (Å²) in [7, 11) is 0. The first-order valence-corrected chi connectivity index (χ1v) is 9.64. The van der Waals surface area contributed by atoms with Crippen molar-refractivity contribution in [3.05, 3.63) is 88.7 Å². The zero-order chi connectivity index (χ0) is 19.3. The fourth-order valence-corrected chi connectivity index (χ4v) is 3.03. The Morgan fingerprint density at radius 1 is 1.14 bits per heavy atom. The number of benzene rings is 1. The van der Waals surface area contributed by atoms with Crippen LogP contribution in [0.15, 0.2) is 75.9 Å². The molecule has 3 heterocycles. The van der Waals surface area contributed by atoms with Crippen molar-refractivity contribution in [1.29, 1.82) is 0 Å². The van der Waals surface area contributed by atoms with E-state index in [0.29, 0.717) is 18.7 Å². The van der Waals surface area contributed by atoms with E-state index in [-0.39, 0.29) is 18.3 Å². The molecule has 0 saturated carbocycles. The van der Waals surface area contributed by atoms with E-state index in [1.807, 2.05) is 59.3 Å². The maximum atomic E-state index is 12.3. The monoisotopic (exact) mass is 439 g/mol. The van der Waals surface area contributed by atoms with Crippen LogP contribution in [-0.2, 0) is 13.0 Å². The van der Waals surface area contributed by atoms with Gasteiger partial charge in [0, 0.05) is 29.8 Å². The summed E-state index contributed by atoms with van der Waals surface area (Å²) >= 11 is 3.38. The Hall–Kier alpha value is -3.06. The van der Waals surface area contributed by atoms with Gasteiger partial charge in [-0.2, -0.15) is 0 Å². The summed E-state index contributed by atoms with van der Waals surface area (Å²) in [4.78, 5) is 16.8. The fourth-order valence-electron chi connectivity index (χ4n) is 2.76. The molecule has 0 aliphatic rings. The minimum absolute atomic E-state index is 0.251. The number of nitrogens with zero attached hydrogens (tertiary/aromatic N) is 2. The standard InChI is InChI=1S/C21H18BrN3O3/c22-15-4-6-17(7-5-15)27-14-18-8-9-19(28-18)21(26)23-11-10-16-13-25-12-2-1-3-20(25)24-16/h1-9,12-13H,10-11,14H2,(H,23,26). The zero-order valence-electron chi connectivity index (χ0n) is 15.0. The number of pyridine rings is 1. The predicted molar refractivity (Wildman–Crippen MR) is 108 cm³/mol. The highest BCUT2D eigenvalue weighted by molar-refractivity contribution is 9.10. The third-order valence-corrected chi connectivity index (χ3v) is 4.69. The summed E-state index contributed by atoms with van der Waals surface area (Å²) in [6.45, 7) is 0.740. The Morgan fingerprint density at radius 3 is 2.82 bits per heavy atom. The van der Waals surface area contributed by atoms with Gasteiger partial charge >= 0.3 is 0 Å². The Kier molecular flexibility index (Phi) is 5.43. The minimum atomic E-state index is -0.251. The number of halogens is 1. The molecule has 0 bridgehead atoms. The molecule has 4 rings (SSSR count). The minimum Gasteiger partial charge on any atom is -0.486 e. The fraction of sp³-hybridized carbons (Fsp3) is 0.143. The molecule has 6 nitrogen and oxygen atoms in total. The van der Waals surface area contributed by atoms with E-state index < -0.39 is 0 Å². The van der Waals surface area contributed by atoms with Crippen LogP contribution in [0.4, 0.5) is 0 Å². The van der Waals surface area contributed by atoms with Crippen molar-refractivity contribution in [2.75, 3.05) is 6.54 Å². The Labute approximate surface area is 170 Å². The Morgan fingerprint density at radius 2 is 2.00 bits per heavy atom. The summed E-state index contributed by atoms with van der Waals surface area (Å²) in [5, 5.41) is 2.86. The summed E-state index contributed by atoms with van der Waals surface area (Å²) in [6, 6.07) is 16.8. The second-order valence-electron chi connectivity index (χ2n) is 6.21. The molecular weight excluding hydrogens is 422 g/mol. The van der Waals surface area contributed by atoms with Gasteiger partial charge in [0.1, 0.15) is 23.8 Å². The highest BCUT2D eigenvalue weighted by Gasteiger charge is 2.11. The largest absolute Gasteiger partial charge is 0.486 e. The van der Waals surface area contributed by atoms with Crippen molar-refractivity contribution >= 4 is 27.5 Å². The lowest BCUT2D eigenvalue weighted by molar-refractivity contribution is 0.0922. The van der Waals surface area contributed by atoms with Crippen LogP contribution < -0.4 is 10.1 Å². The van der Waals surface area contributed by atoms with Crippen molar-refractivity contribution in [1.82, 2.24) is 14.7 Å². The van der Waals surface area contributed by atoms with Crippen molar-refractivity contribution in [3.63, 3.8) is 0 Å². The van der Waals surface area contributed by atoms with E-state index in [1.54, 1.807) is 12.1 Å². The third kappa shape index (κ3) is 4.43. The van der Waals surface area contributed by atoms with Gasteiger partial charge in [-0.3, -0.25) is 4.79 Å². The van der Waals surface area contributed by atoms with E-state index in [0.717, 1.165) is 21.6 Å². The lowest BCUT2D eigenvalue weighted by Crippen LogP contribution is -2.25. The highest BCUT2D eigenvalue weighted by Crippen LogP contribution is 2.18. The number of fused-ring (bicyclic) bond motifs is 1. The molecule has 1 amide bonds. The summed E-state index contributed by atoms with van der Waals surface area (Å²) in [6.07, 6.45) is 4.56.